The van der Waals surface area contributed by atoms with E-state index in [0.29, 0.717) is 22.5 Å². The smallest absolute Gasteiger partial charge is 0.310 e. The minimum atomic E-state index is -1.55. The van der Waals surface area contributed by atoms with Gasteiger partial charge in [0.15, 0.2) is 0 Å². The van der Waals surface area contributed by atoms with Crippen molar-refractivity contribution in [2.24, 2.45) is 0 Å². The molecule has 12 heteroatoms. The number of carbonyl (C=O) groups is 2. The molecule has 0 aliphatic carbocycles. The average molecular weight is 674 g/mol. The molecule has 4 rings (SSSR count). The van der Waals surface area contributed by atoms with Crippen LogP contribution in [0.15, 0.2) is 72.8 Å². The largest absolute Gasteiger partial charge is 0.463 e. The zero-order valence-corrected chi connectivity index (χ0v) is 26.5. The number of anilines is 4. The number of carbonyl (C=O) groups excluding carboxylic acids is 2. The van der Waals surface area contributed by atoms with Crippen molar-refractivity contribution in [2.45, 2.75) is 38.9 Å². The molecule has 0 radical (unpaired) electrons. The van der Waals surface area contributed by atoms with Crippen molar-refractivity contribution in [1.82, 2.24) is 0 Å². The molecule has 4 aromatic carbocycles. The van der Waals surface area contributed by atoms with Crippen molar-refractivity contribution in [1.29, 1.82) is 0 Å². The Bertz CT molecular complexity index is 1560. The minimum Gasteiger partial charge on any atom is -0.463 e. The fourth-order valence-corrected chi connectivity index (χ4v) is 4.90. The number of halogens is 4. The van der Waals surface area contributed by atoms with Crippen molar-refractivity contribution in [3.05, 3.63) is 117 Å². The summed E-state index contributed by atoms with van der Waals surface area (Å²) in [5.41, 5.74) is 3.66. The first-order valence-corrected chi connectivity index (χ1v) is 15.0. The van der Waals surface area contributed by atoms with Crippen LogP contribution in [0.2, 0.25) is 10.0 Å². The van der Waals surface area contributed by atoms with Crippen molar-refractivity contribution in [3.63, 3.8) is 0 Å². The van der Waals surface area contributed by atoms with Gasteiger partial charge < -0.3 is 30.3 Å². The second kappa shape index (κ2) is 15.9. The lowest BCUT2D eigenvalue weighted by molar-refractivity contribution is -0.155. The van der Waals surface area contributed by atoms with Gasteiger partial charge in [-0.15, -0.1) is 0 Å². The van der Waals surface area contributed by atoms with E-state index in [4.69, 9.17) is 32.7 Å². The SMILES string of the molecule is Cc1ccc(Nc2c(F)cccc2Cl)c(CC(=O)OCC(O)C(O)COC(=O)Cc2cc(C)ccc2Nc2c(F)cccc2Cl)c1. The predicted molar refractivity (Wildman–Crippen MR) is 173 cm³/mol. The molecule has 4 aromatic rings. The van der Waals surface area contributed by atoms with Gasteiger partial charge in [0.05, 0.1) is 34.3 Å². The summed E-state index contributed by atoms with van der Waals surface area (Å²) in [6, 6.07) is 18.9. The van der Waals surface area contributed by atoms with Crippen LogP contribution in [-0.2, 0) is 31.9 Å². The lowest BCUT2D eigenvalue weighted by atomic mass is 10.1. The molecule has 242 valence electrons. The van der Waals surface area contributed by atoms with Crippen LogP contribution in [0, 0.1) is 25.5 Å². The molecule has 0 bridgehead atoms. The van der Waals surface area contributed by atoms with E-state index in [9.17, 15) is 28.6 Å². The highest BCUT2D eigenvalue weighted by molar-refractivity contribution is 6.33. The Labute approximate surface area is 274 Å². The maximum atomic E-state index is 14.3. The van der Waals surface area contributed by atoms with Gasteiger partial charge in [0.25, 0.3) is 0 Å². The van der Waals surface area contributed by atoms with Gasteiger partial charge in [0.1, 0.15) is 37.1 Å². The Morgan fingerprint density at radius 1 is 0.696 bits per heavy atom. The Balaban J connectivity index is 1.29. The Morgan fingerprint density at radius 3 is 1.46 bits per heavy atom. The molecule has 0 amide bonds. The molecule has 2 unspecified atom stereocenters. The highest BCUT2D eigenvalue weighted by Crippen LogP contribution is 2.32. The standard InChI is InChI=1S/C34H32Cl2F2N2O6/c1-19-9-11-27(39-33-23(35)5-3-7-25(33)37)21(13-19)15-31(43)45-17-29(41)30(42)18-46-32(44)16-22-14-20(2)10-12-28(22)40-34-24(36)6-4-8-26(34)38/h3-14,29-30,39-42H,15-18H2,1-2H3. The summed E-state index contributed by atoms with van der Waals surface area (Å²) in [6.45, 7) is 2.51. The van der Waals surface area contributed by atoms with E-state index in [-0.39, 0.29) is 34.3 Å². The van der Waals surface area contributed by atoms with E-state index in [0.717, 1.165) is 11.1 Å². The summed E-state index contributed by atoms with van der Waals surface area (Å²) in [6.07, 6.45) is -3.55. The first-order chi connectivity index (χ1) is 21.9. The number of esters is 2. The molecular formula is C34H32Cl2F2N2O6. The second-order valence-corrected chi connectivity index (χ2v) is 11.4. The topological polar surface area (TPSA) is 117 Å². The van der Waals surface area contributed by atoms with Crippen LogP contribution in [0.5, 0.6) is 0 Å². The molecule has 8 nitrogen and oxygen atoms in total. The fourth-order valence-electron chi connectivity index (χ4n) is 4.48. The molecule has 0 heterocycles. The van der Waals surface area contributed by atoms with E-state index in [1.807, 2.05) is 13.8 Å². The van der Waals surface area contributed by atoms with Crippen molar-refractivity contribution in [2.75, 3.05) is 23.8 Å². The van der Waals surface area contributed by atoms with Gasteiger partial charge in [-0.1, -0.05) is 70.7 Å². The summed E-state index contributed by atoms with van der Waals surface area (Å²) < 4.78 is 39.0. The predicted octanol–water partition coefficient (Wildman–Crippen LogP) is 6.97. The van der Waals surface area contributed by atoms with Gasteiger partial charge in [0, 0.05) is 11.4 Å². The molecule has 0 spiro atoms. The number of hydrogen-bond acceptors (Lipinski definition) is 8. The lowest BCUT2D eigenvalue weighted by Crippen LogP contribution is -2.36. The number of para-hydroxylation sites is 2. The van der Waals surface area contributed by atoms with Gasteiger partial charge in [-0.2, -0.15) is 0 Å². The number of aliphatic hydroxyl groups excluding tert-OH is 2. The van der Waals surface area contributed by atoms with Crippen LogP contribution in [0.1, 0.15) is 22.3 Å². The van der Waals surface area contributed by atoms with Crippen LogP contribution < -0.4 is 10.6 Å². The normalized spacial score (nSPS) is 12.3. The van der Waals surface area contributed by atoms with Gasteiger partial charge in [-0.3, -0.25) is 9.59 Å². The summed E-state index contributed by atoms with van der Waals surface area (Å²) in [4.78, 5) is 25.3. The molecule has 0 saturated carbocycles. The van der Waals surface area contributed by atoms with Crippen molar-refractivity contribution >= 4 is 57.9 Å². The van der Waals surface area contributed by atoms with Crippen molar-refractivity contribution < 1.29 is 38.1 Å². The van der Waals surface area contributed by atoms with Gasteiger partial charge in [-0.05, 0) is 61.4 Å². The number of rotatable bonds is 13. The van der Waals surface area contributed by atoms with E-state index in [2.05, 4.69) is 10.6 Å². The molecular weight excluding hydrogens is 641 g/mol. The molecule has 0 aromatic heterocycles. The lowest BCUT2D eigenvalue weighted by Gasteiger charge is -2.19. The second-order valence-electron chi connectivity index (χ2n) is 10.6. The maximum Gasteiger partial charge on any atom is 0.310 e. The molecule has 4 N–H and O–H groups in total. The van der Waals surface area contributed by atoms with Crippen LogP contribution in [-0.4, -0.2) is 47.6 Å². The number of nitrogens with one attached hydrogen (secondary N) is 2. The summed E-state index contributed by atoms with van der Waals surface area (Å²) >= 11 is 12.3. The number of aryl methyl sites for hydroxylation is 2. The Morgan fingerprint density at radius 2 is 1.09 bits per heavy atom. The Kier molecular flexibility index (Phi) is 11.9. The van der Waals surface area contributed by atoms with Gasteiger partial charge >= 0.3 is 11.9 Å². The minimum absolute atomic E-state index is 0.0557. The number of aliphatic hydroxyl groups is 2. The highest BCUT2D eigenvalue weighted by atomic mass is 35.5. The molecule has 0 saturated heterocycles. The summed E-state index contributed by atoms with van der Waals surface area (Å²) in [7, 11) is 0. The number of ether oxygens (including phenoxy) is 2. The third kappa shape index (κ3) is 9.40. The van der Waals surface area contributed by atoms with Gasteiger partial charge in [0.2, 0.25) is 0 Å². The van der Waals surface area contributed by atoms with E-state index < -0.39 is 49.0 Å². The van der Waals surface area contributed by atoms with E-state index in [1.165, 1.54) is 36.4 Å². The summed E-state index contributed by atoms with van der Waals surface area (Å²) in [5, 5.41) is 26.8. The Hall–Kier alpha value is -4.22. The third-order valence-corrected chi connectivity index (χ3v) is 7.54. The van der Waals surface area contributed by atoms with Crippen molar-refractivity contribution in [3.8, 4) is 0 Å². The quantitative estimate of drug-likeness (QED) is 0.113. The fraction of sp³-hybridized carbons (Fsp3) is 0.235. The van der Waals surface area contributed by atoms with Crippen LogP contribution >= 0.6 is 23.2 Å². The zero-order valence-electron chi connectivity index (χ0n) is 25.0. The van der Waals surface area contributed by atoms with Crippen LogP contribution in [0.25, 0.3) is 0 Å². The first-order valence-electron chi connectivity index (χ1n) is 14.2. The average Bonchev–Trinajstić information content (AvgIpc) is 3.00. The highest BCUT2D eigenvalue weighted by Gasteiger charge is 2.22. The maximum absolute atomic E-state index is 14.3. The van der Waals surface area contributed by atoms with Crippen LogP contribution in [0.3, 0.4) is 0 Å². The molecule has 2 atom stereocenters. The third-order valence-electron chi connectivity index (χ3n) is 6.91. The summed E-state index contributed by atoms with van der Waals surface area (Å²) in [5.74, 6) is -2.57. The monoisotopic (exact) mass is 672 g/mol. The van der Waals surface area contributed by atoms with E-state index >= 15 is 0 Å². The number of hydrogen-bond donors (Lipinski definition) is 4. The molecule has 0 aliphatic rings. The van der Waals surface area contributed by atoms with Crippen LogP contribution in [0.4, 0.5) is 31.5 Å². The zero-order chi connectivity index (χ0) is 33.4. The van der Waals surface area contributed by atoms with Gasteiger partial charge in [-0.25, -0.2) is 8.78 Å². The number of benzene rings is 4. The molecule has 0 fully saturated rings. The van der Waals surface area contributed by atoms with E-state index in [1.54, 1.807) is 36.4 Å². The molecule has 46 heavy (non-hydrogen) atoms. The molecule has 0 aliphatic heterocycles. The first kappa shape index (κ1) is 34.6.